The van der Waals surface area contributed by atoms with Crippen LogP contribution in [0.5, 0.6) is 5.75 Å². The van der Waals surface area contributed by atoms with Crippen molar-refractivity contribution in [3.8, 4) is 5.75 Å². The number of aryl methyl sites for hydroxylation is 1. The average molecular weight is 332 g/mol. The third-order valence-electron chi connectivity index (χ3n) is 3.91. The van der Waals surface area contributed by atoms with Gasteiger partial charge in [-0.15, -0.1) is 0 Å². The van der Waals surface area contributed by atoms with Crippen LogP contribution in [0.2, 0.25) is 0 Å². The van der Waals surface area contributed by atoms with Crippen molar-refractivity contribution in [2.45, 2.75) is 25.2 Å². The lowest BCUT2D eigenvalue weighted by Crippen LogP contribution is -2.16. The van der Waals surface area contributed by atoms with Crippen LogP contribution >= 0.6 is 15.9 Å². The van der Waals surface area contributed by atoms with Gasteiger partial charge in [0.15, 0.2) is 0 Å². The lowest BCUT2D eigenvalue weighted by atomic mass is 9.83. The van der Waals surface area contributed by atoms with Crippen molar-refractivity contribution in [1.82, 2.24) is 0 Å². The molecule has 2 aromatic carbocycles. The number of nitrogen functional groups attached to an aromatic ring is 1. The van der Waals surface area contributed by atoms with E-state index in [1.807, 2.05) is 18.2 Å². The zero-order chi connectivity index (χ0) is 13.9. The summed E-state index contributed by atoms with van der Waals surface area (Å²) < 4.78 is 6.92. The summed E-state index contributed by atoms with van der Waals surface area (Å²) in [5.41, 5.74) is 9.57. The van der Waals surface area contributed by atoms with Crippen molar-refractivity contribution in [3.63, 3.8) is 0 Å². The van der Waals surface area contributed by atoms with Gasteiger partial charge in [0.05, 0.1) is 12.3 Å². The molecule has 0 aliphatic heterocycles. The van der Waals surface area contributed by atoms with Crippen LogP contribution < -0.4 is 10.5 Å². The average Bonchev–Trinajstić information content (AvgIpc) is 2.46. The molecule has 0 bridgehead atoms. The van der Waals surface area contributed by atoms with Crippen molar-refractivity contribution in [3.05, 3.63) is 58.1 Å². The van der Waals surface area contributed by atoms with E-state index in [4.69, 9.17) is 10.5 Å². The summed E-state index contributed by atoms with van der Waals surface area (Å²) in [6.45, 7) is 0.697. The maximum atomic E-state index is 5.98. The Morgan fingerprint density at radius 1 is 1.20 bits per heavy atom. The predicted molar refractivity (Wildman–Crippen MR) is 86.2 cm³/mol. The van der Waals surface area contributed by atoms with Gasteiger partial charge in [0.1, 0.15) is 5.75 Å². The van der Waals surface area contributed by atoms with Gasteiger partial charge in [0.25, 0.3) is 0 Å². The monoisotopic (exact) mass is 331 g/mol. The van der Waals surface area contributed by atoms with Crippen molar-refractivity contribution >= 4 is 21.6 Å². The summed E-state index contributed by atoms with van der Waals surface area (Å²) in [7, 11) is 0. The number of anilines is 1. The van der Waals surface area contributed by atoms with Crippen molar-refractivity contribution in [2.24, 2.45) is 0 Å². The van der Waals surface area contributed by atoms with E-state index in [2.05, 4.69) is 40.2 Å². The van der Waals surface area contributed by atoms with Crippen molar-refractivity contribution in [2.75, 3.05) is 12.3 Å². The molecule has 2 aromatic rings. The van der Waals surface area contributed by atoms with Gasteiger partial charge in [0, 0.05) is 10.4 Å². The van der Waals surface area contributed by atoms with E-state index < -0.39 is 0 Å². The van der Waals surface area contributed by atoms with Gasteiger partial charge in [-0.05, 0) is 48.6 Å². The Morgan fingerprint density at radius 2 is 2.05 bits per heavy atom. The van der Waals surface area contributed by atoms with Crippen LogP contribution in [0.4, 0.5) is 5.69 Å². The first-order chi connectivity index (χ1) is 9.74. The molecule has 0 saturated carbocycles. The van der Waals surface area contributed by atoms with Gasteiger partial charge < -0.3 is 10.5 Å². The van der Waals surface area contributed by atoms with Crippen LogP contribution in [0, 0.1) is 0 Å². The topological polar surface area (TPSA) is 35.2 Å². The summed E-state index contributed by atoms with van der Waals surface area (Å²) >= 11 is 3.41. The molecule has 0 radical (unpaired) electrons. The molecule has 2 N–H and O–H groups in total. The highest BCUT2D eigenvalue weighted by molar-refractivity contribution is 9.10. The number of rotatable bonds is 3. The maximum absolute atomic E-state index is 5.98. The highest BCUT2D eigenvalue weighted by atomic mass is 79.9. The Labute approximate surface area is 128 Å². The summed E-state index contributed by atoms with van der Waals surface area (Å²) in [6, 6.07) is 14.5. The molecule has 1 unspecified atom stereocenters. The van der Waals surface area contributed by atoms with Gasteiger partial charge >= 0.3 is 0 Å². The number of hydrogen-bond donors (Lipinski definition) is 1. The van der Waals surface area contributed by atoms with E-state index in [-0.39, 0.29) is 0 Å². The lowest BCUT2D eigenvalue weighted by Gasteiger charge is -2.25. The van der Waals surface area contributed by atoms with Crippen LogP contribution in [0.25, 0.3) is 0 Å². The SMILES string of the molecule is Nc1cc(Br)ccc1OCC1CCCc2ccccc21. The molecular formula is C17H18BrNO. The Bertz CT molecular complexity index is 612. The molecule has 3 rings (SSSR count). The molecule has 0 saturated heterocycles. The molecule has 0 amide bonds. The fraction of sp³-hybridized carbons (Fsp3) is 0.294. The molecule has 0 spiro atoms. The second-order valence-corrected chi connectivity index (χ2v) is 6.20. The number of hydrogen-bond acceptors (Lipinski definition) is 2. The number of fused-ring (bicyclic) bond motifs is 1. The van der Waals surface area contributed by atoms with Crippen LogP contribution in [0.1, 0.15) is 29.9 Å². The van der Waals surface area contributed by atoms with Crippen LogP contribution in [-0.4, -0.2) is 6.61 Å². The highest BCUT2D eigenvalue weighted by Gasteiger charge is 2.20. The quantitative estimate of drug-likeness (QED) is 0.838. The van der Waals surface area contributed by atoms with Gasteiger partial charge in [-0.25, -0.2) is 0 Å². The fourth-order valence-corrected chi connectivity index (χ4v) is 3.25. The third-order valence-corrected chi connectivity index (χ3v) is 4.40. The summed E-state index contributed by atoms with van der Waals surface area (Å²) in [5.74, 6) is 1.25. The highest BCUT2D eigenvalue weighted by Crippen LogP contribution is 2.33. The molecule has 1 atom stereocenters. The molecule has 0 heterocycles. The molecule has 20 heavy (non-hydrogen) atoms. The molecule has 2 nitrogen and oxygen atoms in total. The first-order valence-corrected chi connectivity index (χ1v) is 7.79. The molecule has 3 heteroatoms. The largest absolute Gasteiger partial charge is 0.491 e. The second-order valence-electron chi connectivity index (χ2n) is 5.28. The van der Waals surface area contributed by atoms with E-state index in [1.54, 1.807) is 0 Å². The molecule has 104 valence electrons. The van der Waals surface area contributed by atoms with Crippen LogP contribution in [-0.2, 0) is 6.42 Å². The first kappa shape index (κ1) is 13.5. The molecular weight excluding hydrogens is 314 g/mol. The number of nitrogens with two attached hydrogens (primary N) is 1. The summed E-state index contributed by atoms with van der Waals surface area (Å²) in [5, 5.41) is 0. The van der Waals surface area contributed by atoms with E-state index >= 15 is 0 Å². The fourth-order valence-electron chi connectivity index (χ4n) is 2.87. The third kappa shape index (κ3) is 2.83. The van der Waals surface area contributed by atoms with Crippen LogP contribution in [0.15, 0.2) is 46.9 Å². The standard InChI is InChI=1S/C17H18BrNO/c18-14-8-9-17(16(19)10-14)20-11-13-6-3-5-12-4-1-2-7-15(12)13/h1-2,4,7-10,13H,3,5-6,11,19H2. The molecule has 1 aliphatic carbocycles. The Kier molecular flexibility index (Phi) is 3.97. The summed E-state index contributed by atoms with van der Waals surface area (Å²) in [6.07, 6.45) is 3.61. The minimum Gasteiger partial charge on any atom is -0.491 e. The second kappa shape index (κ2) is 5.88. The normalized spacial score (nSPS) is 17.6. The Morgan fingerprint density at radius 3 is 2.90 bits per heavy atom. The van der Waals surface area contributed by atoms with E-state index in [0.717, 1.165) is 10.2 Å². The Balaban J connectivity index is 1.73. The number of ether oxygens (including phenoxy) is 1. The lowest BCUT2D eigenvalue weighted by molar-refractivity contribution is 0.276. The minimum atomic E-state index is 0.475. The van der Waals surface area contributed by atoms with Crippen LogP contribution in [0.3, 0.4) is 0 Å². The molecule has 1 aliphatic rings. The van der Waals surface area contributed by atoms with Gasteiger partial charge in [0.2, 0.25) is 0 Å². The van der Waals surface area contributed by atoms with Gasteiger partial charge in [-0.1, -0.05) is 40.2 Å². The van der Waals surface area contributed by atoms with E-state index in [0.29, 0.717) is 18.2 Å². The number of benzene rings is 2. The smallest absolute Gasteiger partial charge is 0.142 e. The van der Waals surface area contributed by atoms with Gasteiger partial charge in [-0.2, -0.15) is 0 Å². The van der Waals surface area contributed by atoms with Crippen molar-refractivity contribution < 1.29 is 4.74 Å². The zero-order valence-electron chi connectivity index (χ0n) is 11.3. The summed E-state index contributed by atoms with van der Waals surface area (Å²) in [4.78, 5) is 0. The van der Waals surface area contributed by atoms with Crippen molar-refractivity contribution in [1.29, 1.82) is 0 Å². The van der Waals surface area contributed by atoms with E-state index in [1.165, 1.54) is 30.4 Å². The Hall–Kier alpha value is -1.48. The molecule has 0 fully saturated rings. The van der Waals surface area contributed by atoms with E-state index in [9.17, 15) is 0 Å². The molecule has 0 aromatic heterocycles. The number of halogens is 1. The zero-order valence-corrected chi connectivity index (χ0v) is 12.9. The van der Waals surface area contributed by atoms with Gasteiger partial charge in [-0.3, -0.25) is 0 Å². The maximum Gasteiger partial charge on any atom is 0.142 e. The predicted octanol–water partition coefficient (Wildman–Crippen LogP) is 4.53. The first-order valence-electron chi connectivity index (χ1n) is 6.99. The minimum absolute atomic E-state index is 0.475.